The van der Waals surface area contributed by atoms with Crippen LogP contribution in [0.15, 0.2) is 48.5 Å². The van der Waals surface area contributed by atoms with E-state index in [0.29, 0.717) is 26.7 Å². The summed E-state index contributed by atoms with van der Waals surface area (Å²) in [6, 6.07) is 13.9. The van der Waals surface area contributed by atoms with Crippen molar-refractivity contribution in [3.05, 3.63) is 54.1 Å². The van der Waals surface area contributed by atoms with Crippen molar-refractivity contribution in [1.82, 2.24) is 0 Å². The molecular weight excluding hydrogens is 290 g/mol. The van der Waals surface area contributed by atoms with Crippen molar-refractivity contribution in [2.75, 3.05) is 6.61 Å². The quantitative estimate of drug-likeness (QED) is 0.635. The first kappa shape index (κ1) is 18.8. The Bertz CT molecular complexity index is 594. The number of carbonyl (C=O) groups is 1. The molecule has 0 spiro atoms. The molecule has 0 radical (unpaired) electrons. The van der Waals surface area contributed by atoms with Gasteiger partial charge in [-0.25, -0.2) is 0 Å². The van der Waals surface area contributed by atoms with Gasteiger partial charge in [-0.2, -0.15) is 5.30 Å². The Balaban J connectivity index is 0.00000242. The number of aromatic hydroxyl groups is 1. The topological polar surface area (TPSA) is 46.5 Å². The molecular formula is C17H18LiO3P. The van der Waals surface area contributed by atoms with Crippen LogP contribution in [0.25, 0.3) is 0 Å². The number of phenolic OH excluding ortho intramolecular Hbond substituents is 1. The molecule has 2 aromatic rings. The van der Waals surface area contributed by atoms with Crippen LogP contribution >= 0.6 is 8.58 Å². The van der Waals surface area contributed by atoms with Gasteiger partial charge in [0.2, 0.25) is 0 Å². The predicted octanol–water partition coefficient (Wildman–Crippen LogP) is 0.843. The largest absolute Gasteiger partial charge is 1.00 e. The maximum absolute atomic E-state index is 12.1. The minimum atomic E-state index is 0. The molecule has 0 saturated heterocycles. The smallest absolute Gasteiger partial charge is 0.508 e. The van der Waals surface area contributed by atoms with Gasteiger partial charge in [0.05, 0.1) is 6.61 Å². The first-order chi connectivity index (χ1) is 10.0. The number of hydrogen-bond acceptors (Lipinski definition) is 3. The molecule has 22 heavy (non-hydrogen) atoms. The zero-order valence-electron chi connectivity index (χ0n) is 13.1. The summed E-state index contributed by atoms with van der Waals surface area (Å²) in [6.45, 7) is 4.89. The number of benzene rings is 2. The normalized spacial score (nSPS) is 10.7. The third-order valence-electron chi connectivity index (χ3n) is 2.76. The molecule has 2 aromatic carbocycles. The second kappa shape index (κ2) is 9.01. The van der Waals surface area contributed by atoms with Gasteiger partial charge in [0.15, 0.2) is 0 Å². The van der Waals surface area contributed by atoms with Crippen molar-refractivity contribution in [2.24, 2.45) is 5.92 Å². The van der Waals surface area contributed by atoms with E-state index in [-0.39, 0.29) is 30.1 Å². The number of carbonyl (C=O) groups excluding carboxylic acids is 1. The molecule has 0 unspecified atom stereocenters. The third kappa shape index (κ3) is 5.85. The molecule has 5 heteroatoms. The Labute approximate surface area is 145 Å². The van der Waals surface area contributed by atoms with E-state index in [1.807, 2.05) is 24.3 Å². The minimum absolute atomic E-state index is 0. The van der Waals surface area contributed by atoms with Crippen molar-refractivity contribution in [3.8, 4) is 11.5 Å². The maximum atomic E-state index is 12.1. The van der Waals surface area contributed by atoms with E-state index < -0.39 is 0 Å². The second-order valence-corrected chi connectivity index (χ2v) is 6.31. The molecule has 1 N–H and O–H groups in total. The average molecular weight is 308 g/mol. The Morgan fingerprint density at radius 3 is 2.23 bits per heavy atom. The van der Waals surface area contributed by atoms with E-state index in [4.69, 9.17) is 4.74 Å². The minimum Gasteiger partial charge on any atom is -0.508 e. The van der Waals surface area contributed by atoms with Gasteiger partial charge in [-0.3, -0.25) is 0 Å². The van der Waals surface area contributed by atoms with Crippen LogP contribution < -0.4 is 28.9 Å². The monoisotopic (exact) mass is 308 g/mol. The Morgan fingerprint density at radius 1 is 1.09 bits per heavy atom. The molecule has 0 heterocycles. The molecule has 0 fully saturated rings. The molecule has 0 aliphatic heterocycles. The van der Waals surface area contributed by atoms with Gasteiger partial charge in [-0.05, 0) is 35.7 Å². The van der Waals surface area contributed by atoms with E-state index in [9.17, 15) is 9.90 Å². The van der Waals surface area contributed by atoms with E-state index >= 15 is 0 Å². The standard InChI is InChI=1S/C17H18O3P.Li/c1-12(2)11-20-15-7-9-16(10-8-15)21-17(19)13-3-5-14(18)6-4-13;/h3-10,12,18H,11H2,1-2H3;/q-1;+1. The van der Waals surface area contributed by atoms with Gasteiger partial charge in [-0.15, -0.1) is 0 Å². The Hall–Kier alpha value is -1.26. The predicted molar refractivity (Wildman–Crippen MR) is 85.8 cm³/mol. The van der Waals surface area contributed by atoms with E-state index in [2.05, 4.69) is 13.8 Å². The zero-order valence-corrected chi connectivity index (χ0v) is 14.0. The van der Waals surface area contributed by atoms with Crippen molar-refractivity contribution < 1.29 is 33.5 Å². The molecule has 0 amide bonds. The van der Waals surface area contributed by atoms with Crippen LogP contribution in [0.1, 0.15) is 24.2 Å². The van der Waals surface area contributed by atoms with Crippen molar-refractivity contribution >= 4 is 19.4 Å². The zero-order chi connectivity index (χ0) is 15.2. The summed E-state index contributed by atoms with van der Waals surface area (Å²) in [7, 11) is 0.615. The van der Waals surface area contributed by atoms with Gasteiger partial charge < -0.3 is 23.2 Å². The third-order valence-corrected chi connectivity index (χ3v) is 3.78. The Kier molecular flexibility index (Phi) is 7.69. The summed E-state index contributed by atoms with van der Waals surface area (Å²) in [4.78, 5) is 12.1. The molecule has 0 bridgehead atoms. The van der Waals surface area contributed by atoms with Gasteiger partial charge in [0, 0.05) is 5.52 Å². The van der Waals surface area contributed by atoms with Gasteiger partial charge in [0.25, 0.3) is 0 Å². The fourth-order valence-corrected chi connectivity index (χ4v) is 2.48. The first-order valence-corrected chi connectivity index (χ1v) is 7.72. The van der Waals surface area contributed by atoms with Crippen LogP contribution in [0.2, 0.25) is 0 Å². The van der Waals surface area contributed by atoms with Crippen molar-refractivity contribution in [3.63, 3.8) is 0 Å². The maximum Gasteiger partial charge on any atom is 1.00 e. The van der Waals surface area contributed by atoms with Crippen LogP contribution in [0.5, 0.6) is 11.5 Å². The molecule has 0 aromatic heterocycles. The van der Waals surface area contributed by atoms with E-state index in [0.717, 1.165) is 11.1 Å². The van der Waals surface area contributed by atoms with Crippen LogP contribution in [-0.2, 0) is 0 Å². The fourth-order valence-electron chi connectivity index (χ4n) is 1.67. The Morgan fingerprint density at radius 2 is 1.68 bits per heavy atom. The summed E-state index contributed by atoms with van der Waals surface area (Å²) in [6.07, 6.45) is 0. The number of ether oxygens (including phenoxy) is 1. The molecule has 0 aliphatic rings. The fraction of sp³-hybridized carbons (Fsp3) is 0.235. The summed E-state index contributed by atoms with van der Waals surface area (Å²) in [5, 5.41) is 10.1. The number of phenols is 1. The molecule has 0 aliphatic carbocycles. The van der Waals surface area contributed by atoms with Gasteiger partial charge >= 0.3 is 18.9 Å². The first-order valence-electron chi connectivity index (χ1n) is 6.82. The van der Waals surface area contributed by atoms with E-state index in [1.54, 1.807) is 12.1 Å². The van der Waals surface area contributed by atoms with Crippen LogP contribution in [0.3, 0.4) is 0 Å². The van der Waals surface area contributed by atoms with Gasteiger partial charge in [0.1, 0.15) is 11.5 Å². The molecule has 2 rings (SSSR count). The van der Waals surface area contributed by atoms with Crippen molar-refractivity contribution in [2.45, 2.75) is 13.8 Å². The van der Waals surface area contributed by atoms with Crippen LogP contribution in [-0.4, -0.2) is 17.2 Å². The second-order valence-electron chi connectivity index (χ2n) is 5.16. The molecule has 110 valence electrons. The summed E-state index contributed by atoms with van der Waals surface area (Å²) >= 11 is 0. The number of rotatable bonds is 6. The SMILES string of the molecule is CC(C)COc1ccc([P-]C(=O)c2ccc(O)cc2)cc1.[Li+]. The van der Waals surface area contributed by atoms with Crippen LogP contribution in [0, 0.1) is 5.92 Å². The molecule has 3 nitrogen and oxygen atoms in total. The summed E-state index contributed by atoms with van der Waals surface area (Å²) in [5.41, 5.74) is 0.598. The summed E-state index contributed by atoms with van der Waals surface area (Å²) in [5.74, 6) is 1.47. The van der Waals surface area contributed by atoms with Crippen molar-refractivity contribution in [1.29, 1.82) is 0 Å². The van der Waals surface area contributed by atoms with Crippen LogP contribution in [0.4, 0.5) is 0 Å². The number of hydrogen-bond donors (Lipinski definition) is 1. The average Bonchev–Trinajstić information content (AvgIpc) is 2.47. The summed E-state index contributed by atoms with van der Waals surface area (Å²) < 4.78 is 5.61. The molecule has 0 saturated carbocycles. The van der Waals surface area contributed by atoms with Gasteiger partial charge in [-0.1, -0.05) is 38.1 Å². The molecule has 0 atom stereocenters. The van der Waals surface area contributed by atoms with E-state index in [1.165, 1.54) is 12.1 Å².